The number of carboxylic acid groups (broad SMARTS) is 1. The molecule has 1 aromatic heterocycles. The van der Waals surface area contributed by atoms with E-state index in [2.05, 4.69) is 31.1 Å². The number of halogens is 1. The van der Waals surface area contributed by atoms with Crippen molar-refractivity contribution < 1.29 is 19.4 Å². The number of methoxy groups -OCH3 is 1. The molecule has 0 radical (unpaired) electrons. The van der Waals surface area contributed by atoms with Crippen LogP contribution in [0.1, 0.15) is 70.0 Å². The topological polar surface area (TPSA) is 95.0 Å². The zero-order valence-electron chi connectivity index (χ0n) is 24.5. The maximum absolute atomic E-state index is 14.4. The number of pyridine rings is 1. The molecule has 0 unspecified atom stereocenters. The maximum atomic E-state index is 14.4. The minimum absolute atomic E-state index is 0.0652. The average Bonchev–Trinajstić information content (AvgIpc) is 3.28. The number of carboxylic acids is 1. The molecule has 2 heterocycles. The number of hydrogen-bond acceptors (Lipinski definition) is 6. The van der Waals surface area contributed by atoms with Gasteiger partial charge in [-0.25, -0.2) is 9.78 Å². The molecule has 1 saturated heterocycles. The van der Waals surface area contributed by atoms with Crippen molar-refractivity contribution in [3.05, 3.63) is 52.7 Å². The number of hydrogen-bond donors (Lipinski definition) is 2. The summed E-state index contributed by atoms with van der Waals surface area (Å²) in [6, 6.07) is 7.42. The summed E-state index contributed by atoms with van der Waals surface area (Å²) in [6.45, 7) is 6.57. The van der Waals surface area contributed by atoms with Gasteiger partial charge in [0.15, 0.2) is 0 Å². The third-order valence-corrected chi connectivity index (χ3v) is 8.69. The van der Waals surface area contributed by atoms with Crippen molar-refractivity contribution in [3.8, 4) is 5.75 Å². The SMILES string of the molecule is COc1ccc(Cl)cc1CN[C@@H]1[C@@H](C(C)(C)C)[C@H](C(=O)O)N(C(=O)C2CCCCC2)[C@@H]1c1cccnc1N(C)C. The number of aromatic nitrogens is 1. The Balaban J connectivity index is 1.88. The van der Waals surface area contributed by atoms with Crippen LogP contribution in [-0.4, -0.2) is 60.2 Å². The van der Waals surface area contributed by atoms with Gasteiger partial charge in [-0.1, -0.05) is 57.7 Å². The number of nitrogens with zero attached hydrogens (tertiary/aromatic N) is 3. The molecule has 4 rings (SSSR count). The van der Waals surface area contributed by atoms with Gasteiger partial charge in [-0.05, 0) is 42.5 Å². The van der Waals surface area contributed by atoms with Crippen molar-refractivity contribution in [1.29, 1.82) is 0 Å². The lowest BCUT2D eigenvalue weighted by Gasteiger charge is -2.36. The Morgan fingerprint density at radius 3 is 2.48 bits per heavy atom. The van der Waals surface area contributed by atoms with E-state index in [0.29, 0.717) is 17.3 Å². The van der Waals surface area contributed by atoms with Gasteiger partial charge < -0.3 is 25.0 Å². The van der Waals surface area contributed by atoms with Crippen LogP contribution < -0.4 is 15.0 Å². The number of aliphatic carboxylic acids is 1. The normalized spacial score (nSPS) is 23.7. The molecule has 1 amide bonds. The Kier molecular flexibility index (Phi) is 9.30. The molecule has 8 nitrogen and oxygen atoms in total. The summed E-state index contributed by atoms with van der Waals surface area (Å²) in [5.41, 5.74) is 1.27. The fourth-order valence-electron chi connectivity index (χ4n) is 6.74. The first-order valence-corrected chi connectivity index (χ1v) is 14.6. The van der Waals surface area contributed by atoms with E-state index in [1.165, 1.54) is 0 Å². The standard InChI is InChI=1S/C31H43ClN4O4/c1-31(2,3)24-25(34-18-20-17-21(32)14-15-23(20)40-6)26(22-13-10-16-33-28(22)35(4)5)36(27(24)30(38)39)29(37)19-11-8-7-9-12-19/h10,13-17,19,24-27,34H,7-9,11-12,18H2,1-6H3,(H,38,39)/t24-,25-,26-,27-/m1/s1. The van der Waals surface area contributed by atoms with Crippen LogP contribution in [0, 0.1) is 17.3 Å². The second-order valence-corrected chi connectivity index (χ2v) is 12.8. The Morgan fingerprint density at radius 1 is 1.18 bits per heavy atom. The molecular formula is C31H43ClN4O4. The molecule has 2 aromatic rings. The smallest absolute Gasteiger partial charge is 0.326 e. The quantitative estimate of drug-likeness (QED) is 0.430. The number of anilines is 1. The van der Waals surface area contributed by atoms with E-state index in [4.69, 9.17) is 16.3 Å². The Bertz CT molecular complexity index is 1210. The number of rotatable bonds is 8. The summed E-state index contributed by atoms with van der Waals surface area (Å²) in [4.78, 5) is 35.8. The average molecular weight is 571 g/mol. The number of likely N-dealkylation sites (tertiary alicyclic amines) is 1. The van der Waals surface area contributed by atoms with Crippen molar-refractivity contribution in [2.24, 2.45) is 17.3 Å². The Morgan fingerprint density at radius 2 is 1.88 bits per heavy atom. The third-order valence-electron chi connectivity index (χ3n) is 8.46. The number of carbonyl (C=O) groups excluding carboxylic acids is 1. The van der Waals surface area contributed by atoms with Gasteiger partial charge in [0.25, 0.3) is 0 Å². The van der Waals surface area contributed by atoms with E-state index in [1.54, 1.807) is 24.3 Å². The van der Waals surface area contributed by atoms with Crippen LogP contribution in [0.25, 0.3) is 0 Å². The van der Waals surface area contributed by atoms with E-state index < -0.39 is 23.5 Å². The van der Waals surface area contributed by atoms with E-state index in [-0.39, 0.29) is 23.8 Å². The summed E-state index contributed by atoms with van der Waals surface area (Å²) in [7, 11) is 5.46. The molecule has 2 fully saturated rings. The van der Waals surface area contributed by atoms with Gasteiger partial charge in [0, 0.05) is 60.9 Å². The maximum Gasteiger partial charge on any atom is 0.326 e. The van der Waals surface area contributed by atoms with Crippen LogP contribution in [0.5, 0.6) is 5.75 Å². The summed E-state index contributed by atoms with van der Waals surface area (Å²) in [5.74, 6) is -0.190. The van der Waals surface area contributed by atoms with E-state index >= 15 is 0 Å². The lowest BCUT2D eigenvalue weighted by molar-refractivity contribution is -0.154. The van der Waals surface area contributed by atoms with Crippen molar-refractivity contribution in [3.63, 3.8) is 0 Å². The van der Waals surface area contributed by atoms with Gasteiger partial charge in [0.2, 0.25) is 5.91 Å². The predicted molar refractivity (Wildman–Crippen MR) is 158 cm³/mol. The molecule has 1 aliphatic heterocycles. The molecule has 0 spiro atoms. The fraction of sp³-hybridized carbons (Fsp3) is 0.581. The third kappa shape index (κ3) is 6.08. The largest absolute Gasteiger partial charge is 0.496 e. The van der Waals surface area contributed by atoms with Crippen LogP contribution in [0.15, 0.2) is 36.5 Å². The first-order chi connectivity index (χ1) is 19.0. The van der Waals surface area contributed by atoms with Gasteiger partial charge >= 0.3 is 5.97 Å². The van der Waals surface area contributed by atoms with Crippen molar-refractivity contribution in [1.82, 2.24) is 15.2 Å². The van der Waals surface area contributed by atoms with Crippen molar-refractivity contribution in [2.45, 2.75) is 77.5 Å². The highest BCUT2D eigenvalue weighted by Gasteiger charge is 2.59. The van der Waals surface area contributed by atoms with Gasteiger partial charge in [-0.15, -0.1) is 0 Å². The number of carbonyl (C=O) groups is 2. The van der Waals surface area contributed by atoms with Crippen molar-refractivity contribution >= 4 is 29.3 Å². The highest BCUT2D eigenvalue weighted by molar-refractivity contribution is 6.30. The minimum Gasteiger partial charge on any atom is -0.496 e. The molecular weight excluding hydrogens is 528 g/mol. The predicted octanol–water partition coefficient (Wildman–Crippen LogP) is 5.55. The molecule has 40 heavy (non-hydrogen) atoms. The zero-order chi connectivity index (χ0) is 29.2. The molecule has 9 heteroatoms. The minimum atomic E-state index is -0.992. The second kappa shape index (κ2) is 12.4. The molecule has 1 saturated carbocycles. The van der Waals surface area contributed by atoms with Gasteiger partial charge in [0.05, 0.1) is 13.2 Å². The second-order valence-electron chi connectivity index (χ2n) is 12.4. The van der Waals surface area contributed by atoms with Crippen LogP contribution in [0.2, 0.25) is 5.02 Å². The van der Waals surface area contributed by atoms with Crippen LogP contribution in [0.3, 0.4) is 0 Å². The van der Waals surface area contributed by atoms with Crippen molar-refractivity contribution in [2.75, 3.05) is 26.1 Å². The molecule has 1 aromatic carbocycles. The summed E-state index contributed by atoms with van der Waals surface area (Å²) < 4.78 is 5.60. The Hall–Kier alpha value is -2.84. The first-order valence-electron chi connectivity index (χ1n) is 14.2. The van der Waals surface area contributed by atoms with E-state index in [1.807, 2.05) is 43.3 Å². The summed E-state index contributed by atoms with van der Waals surface area (Å²) in [6.07, 6.45) is 6.40. The molecule has 2 aliphatic rings. The highest BCUT2D eigenvalue weighted by Crippen LogP contribution is 2.50. The van der Waals surface area contributed by atoms with E-state index in [0.717, 1.165) is 49.0 Å². The molecule has 218 valence electrons. The lowest BCUT2D eigenvalue weighted by atomic mass is 9.72. The molecule has 2 N–H and O–H groups in total. The number of amides is 1. The number of nitrogens with one attached hydrogen (secondary N) is 1. The summed E-state index contributed by atoms with van der Waals surface area (Å²) >= 11 is 6.34. The number of benzene rings is 1. The van der Waals surface area contributed by atoms with Crippen LogP contribution in [-0.2, 0) is 16.1 Å². The van der Waals surface area contributed by atoms with Gasteiger partial charge in [0.1, 0.15) is 17.6 Å². The lowest BCUT2D eigenvalue weighted by Crippen LogP contribution is -2.49. The zero-order valence-corrected chi connectivity index (χ0v) is 25.2. The summed E-state index contributed by atoms with van der Waals surface area (Å²) in [5, 5.41) is 15.0. The first kappa shape index (κ1) is 30.1. The number of ether oxygens (including phenoxy) is 1. The fourth-order valence-corrected chi connectivity index (χ4v) is 6.93. The Labute approximate surface area is 243 Å². The highest BCUT2D eigenvalue weighted by atomic mass is 35.5. The molecule has 1 aliphatic carbocycles. The van der Waals surface area contributed by atoms with Gasteiger partial charge in [-0.2, -0.15) is 0 Å². The van der Waals surface area contributed by atoms with Crippen LogP contribution in [0.4, 0.5) is 5.82 Å². The monoisotopic (exact) mass is 570 g/mol. The van der Waals surface area contributed by atoms with Crippen LogP contribution >= 0.6 is 11.6 Å². The molecule has 0 bridgehead atoms. The molecule has 4 atom stereocenters. The van der Waals surface area contributed by atoms with Gasteiger partial charge in [-0.3, -0.25) is 4.79 Å². The van der Waals surface area contributed by atoms with E-state index in [9.17, 15) is 14.7 Å².